The van der Waals surface area contributed by atoms with E-state index in [2.05, 4.69) is 20.7 Å². The normalized spacial score (nSPS) is 11.8. The fourth-order valence-corrected chi connectivity index (χ4v) is 1.70. The van der Waals surface area contributed by atoms with Crippen LogP contribution in [-0.4, -0.2) is 32.8 Å². The monoisotopic (exact) mass is 273 g/mol. The summed E-state index contributed by atoms with van der Waals surface area (Å²) in [6.07, 6.45) is 1.71. The molecular weight excluding hydrogens is 258 g/mol. The summed E-state index contributed by atoms with van der Waals surface area (Å²) < 4.78 is 29.3. The van der Waals surface area contributed by atoms with E-state index in [9.17, 15) is 8.42 Å². The van der Waals surface area contributed by atoms with Gasteiger partial charge in [0.15, 0.2) is 0 Å². The SMILES string of the molecule is CCCOCCCNS(=O)(=O)CBr. The van der Waals surface area contributed by atoms with Gasteiger partial charge in [-0.2, -0.15) is 0 Å². The van der Waals surface area contributed by atoms with Gasteiger partial charge in [0.05, 0.1) is 0 Å². The molecule has 13 heavy (non-hydrogen) atoms. The molecule has 0 saturated heterocycles. The van der Waals surface area contributed by atoms with Crippen LogP contribution in [0.1, 0.15) is 19.8 Å². The maximum absolute atomic E-state index is 10.9. The first-order valence-electron chi connectivity index (χ1n) is 4.23. The number of alkyl halides is 1. The maximum Gasteiger partial charge on any atom is 0.221 e. The van der Waals surface area contributed by atoms with E-state index in [4.69, 9.17) is 4.74 Å². The Hall–Kier alpha value is 0.350. The fraction of sp³-hybridized carbons (Fsp3) is 1.00. The highest BCUT2D eigenvalue weighted by Crippen LogP contribution is 1.91. The van der Waals surface area contributed by atoms with E-state index in [0.717, 1.165) is 13.0 Å². The molecule has 0 bridgehead atoms. The Labute approximate surface area is 88.2 Å². The minimum absolute atomic E-state index is 0.0458. The van der Waals surface area contributed by atoms with Crippen LogP contribution in [0.3, 0.4) is 0 Å². The molecule has 0 rings (SSSR count). The van der Waals surface area contributed by atoms with Crippen LogP contribution in [0.2, 0.25) is 0 Å². The molecule has 4 nitrogen and oxygen atoms in total. The number of ether oxygens (including phenoxy) is 1. The molecule has 1 N–H and O–H groups in total. The predicted octanol–water partition coefficient (Wildman–Crippen LogP) is 1.07. The molecule has 0 aromatic rings. The van der Waals surface area contributed by atoms with E-state index in [1.54, 1.807) is 0 Å². The largest absolute Gasteiger partial charge is 0.381 e. The third kappa shape index (κ3) is 8.67. The van der Waals surface area contributed by atoms with Gasteiger partial charge in [0.2, 0.25) is 10.0 Å². The van der Waals surface area contributed by atoms with Crippen molar-refractivity contribution in [1.29, 1.82) is 0 Å². The minimum atomic E-state index is -3.10. The number of hydrogen-bond donors (Lipinski definition) is 1. The van der Waals surface area contributed by atoms with Crippen LogP contribution < -0.4 is 4.72 Å². The average Bonchev–Trinajstić information content (AvgIpc) is 2.11. The summed E-state index contributed by atoms with van der Waals surface area (Å²) in [6, 6.07) is 0. The molecule has 0 heterocycles. The highest BCUT2D eigenvalue weighted by Gasteiger charge is 2.04. The molecule has 0 aliphatic rings. The molecule has 6 heteroatoms. The Bertz CT molecular complexity index is 206. The van der Waals surface area contributed by atoms with Gasteiger partial charge in [-0.15, -0.1) is 0 Å². The highest BCUT2D eigenvalue weighted by molar-refractivity contribution is 9.10. The standard InChI is InChI=1S/C7H16BrNO3S/c1-2-5-12-6-3-4-9-13(10,11)7-8/h9H,2-7H2,1H3. The molecule has 80 valence electrons. The lowest BCUT2D eigenvalue weighted by atomic mass is 10.4. The first-order chi connectivity index (χ1) is 6.12. The Balaban J connectivity index is 3.26. The molecular formula is C7H16BrNO3S. The zero-order valence-corrected chi connectivity index (χ0v) is 10.2. The number of hydrogen-bond acceptors (Lipinski definition) is 3. The number of rotatable bonds is 8. The third-order valence-electron chi connectivity index (χ3n) is 1.28. The van der Waals surface area contributed by atoms with E-state index >= 15 is 0 Å². The van der Waals surface area contributed by atoms with Crippen LogP contribution in [0.5, 0.6) is 0 Å². The first kappa shape index (κ1) is 13.4. The zero-order valence-electron chi connectivity index (χ0n) is 7.75. The summed E-state index contributed by atoms with van der Waals surface area (Å²) in [4.78, 5) is 0. The van der Waals surface area contributed by atoms with Crippen molar-refractivity contribution in [2.75, 3.05) is 24.4 Å². The quantitative estimate of drug-likeness (QED) is 0.532. The van der Waals surface area contributed by atoms with Crippen molar-refractivity contribution in [3.05, 3.63) is 0 Å². The second-order valence-corrected chi connectivity index (χ2v) is 5.69. The van der Waals surface area contributed by atoms with Crippen LogP contribution in [0.15, 0.2) is 0 Å². The molecule has 0 fully saturated rings. The van der Waals surface area contributed by atoms with Gasteiger partial charge in [0.1, 0.15) is 4.66 Å². The topological polar surface area (TPSA) is 55.4 Å². The van der Waals surface area contributed by atoms with E-state index in [1.165, 1.54) is 0 Å². The van der Waals surface area contributed by atoms with Gasteiger partial charge in [-0.3, -0.25) is 0 Å². The molecule has 0 amide bonds. The molecule has 0 atom stereocenters. The van der Waals surface area contributed by atoms with Crippen molar-refractivity contribution < 1.29 is 13.2 Å². The Morgan fingerprint density at radius 1 is 1.38 bits per heavy atom. The first-order valence-corrected chi connectivity index (χ1v) is 7.01. The zero-order chi connectivity index (χ0) is 10.2. The summed E-state index contributed by atoms with van der Waals surface area (Å²) in [6.45, 7) is 3.83. The molecule has 0 aromatic carbocycles. The Morgan fingerprint density at radius 3 is 2.62 bits per heavy atom. The van der Waals surface area contributed by atoms with Gasteiger partial charge in [-0.25, -0.2) is 13.1 Å². The lowest BCUT2D eigenvalue weighted by molar-refractivity contribution is 0.133. The van der Waals surface area contributed by atoms with E-state index in [0.29, 0.717) is 19.6 Å². The van der Waals surface area contributed by atoms with Crippen molar-refractivity contribution in [3.63, 3.8) is 0 Å². The van der Waals surface area contributed by atoms with E-state index in [1.807, 2.05) is 6.92 Å². The van der Waals surface area contributed by atoms with Crippen molar-refractivity contribution in [1.82, 2.24) is 4.72 Å². The molecule has 0 radical (unpaired) electrons. The van der Waals surface area contributed by atoms with Crippen molar-refractivity contribution in [2.24, 2.45) is 0 Å². The molecule has 0 unspecified atom stereocenters. The van der Waals surface area contributed by atoms with Gasteiger partial charge < -0.3 is 4.74 Å². The second kappa shape index (κ2) is 7.73. The van der Waals surface area contributed by atoms with Gasteiger partial charge in [-0.1, -0.05) is 22.9 Å². The molecule has 0 saturated carbocycles. The Kier molecular flexibility index (Phi) is 7.93. The van der Waals surface area contributed by atoms with Gasteiger partial charge in [0, 0.05) is 19.8 Å². The van der Waals surface area contributed by atoms with Gasteiger partial charge >= 0.3 is 0 Å². The van der Waals surface area contributed by atoms with Crippen LogP contribution in [-0.2, 0) is 14.8 Å². The summed E-state index contributed by atoms with van der Waals surface area (Å²) >= 11 is 2.88. The van der Waals surface area contributed by atoms with E-state index < -0.39 is 10.0 Å². The van der Waals surface area contributed by atoms with Gasteiger partial charge in [0.25, 0.3) is 0 Å². The number of nitrogens with one attached hydrogen (secondary N) is 1. The van der Waals surface area contributed by atoms with Crippen LogP contribution in [0.25, 0.3) is 0 Å². The molecule has 0 aliphatic heterocycles. The smallest absolute Gasteiger partial charge is 0.221 e. The van der Waals surface area contributed by atoms with E-state index in [-0.39, 0.29) is 4.66 Å². The minimum Gasteiger partial charge on any atom is -0.381 e. The fourth-order valence-electron chi connectivity index (χ4n) is 0.687. The second-order valence-electron chi connectivity index (χ2n) is 2.58. The average molecular weight is 274 g/mol. The number of sulfonamides is 1. The van der Waals surface area contributed by atoms with Crippen molar-refractivity contribution >= 4 is 26.0 Å². The number of halogens is 1. The molecule has 0 aliphatic carbocycles. The lowest BCUT2D eigenvalue weighted by Crippen LogP contribution is -2.26. The summed E-state index contributed by atoms with van der Waals surface area (Å²) in [5, 5.41) is 0. The van der Waals surface area contributed by atoms with Crippen molar-refractivity contribution in [2.45, 2.75) is 19.8 Å². The summed E-state index contributed by atoms with van der Waals surface area (Å²) in [7, 11) is -3.10. The highest BCUT2D eigenvalue weighted by atomic mass is 79.9. The summed E-state index contributed by atoms with van der Waals surface area (Å²) in [5.41, 5.74) is 0. The summed E-state index contributed by atoms with van der Waals surface area (Å²) in [5.74, 6) is 0. The van der Waals surface area contributed by atoms with Gasteiger partial charge in [-0.05, 0) is 12.8 Å². The van der Waals surface area contributed by atoms with Crippen molar-refractivity contribution in [3.8, 4) is 0 Å². The molecule has 0 aromatic heterocycles. The Morgan fingerprint density at radius 2 is 2.08 bits per heavy atom. The predicted molar refractivity (Wildman–Crippen MR) is 56.4 cm³/mol. The van der Waals surface area contributed by atoms with Crippen LogP contribution >= 0.6 is 15.9 Å². The van der Waals surface area contributed by atoms with Crippen LogP contribution in [0.4, 0.5) is 0 Å². The van der Waals surface area contributed by atoms with Crippen LogP contribution in [0, 0.1) is 0 Å². The maximum atomic E-state index is 10.9. The molecule has 0 spiro atoms. The lowest BCUT2D eigenvalue weighted by Gasteiger charge is -2.03. The third-order valence-corrected chi connectivity index (χ3v) is 4.02.